The Morgan fingerprint density at radius 3 is 2.73 bits per heavy atom. The van der Waals surface area contributed by atoms with Gasteiger partial charge in [-0.25, -0.2) is 15.0 Å². The van der Waals surface area contributed by atoms with Crippen LogP contribution in [-0.2, 0) is 9.63 Å². The zero-order valence-corrected chi connectivity index (χ0v) is 20.8. The number of carbonyl (C=O) groups is 1. The summed E-state index contributed by atoms with van der Waals surface area (Å²) in [4.78, 5) is 24.7. The third-order valence-corrected chi connectivity index (χ3v) is 6.96. The number of nitriles is 1. The van der Waals surface area contributed by atoms with E-state index in [4.69, 9.17) is 15.2 Å². The second kappa shape index (κ2) is 10.8. The number of hydrogen-bond donors (Lipinski definition) is 3. The summed E-state index contributed by atoms with van der Waals surface area (Å²) in [5.41, 5.74) is 6.95. The van der Waals surface area contributed by atoms with Gasteiger partial charge in [-0.3, -0.25) is 9.63 Å². The van der Waals surface area contributed by atoms with Gasteiger partial charge in [0, 0.05) is 73.1 Å². The third-order valence-electron chi connectivity index (χ3n) is 6.96. The average Bonchev–Trinajstić information content (AvgIpc) is 3.67. The smallest absolute Gasteiger partial charge is 0.246 e. The van der Waals surface area contributed by atoms with Crippen LogP contribution in [-0.4, -0.2) is 53.5 Å². The van der Waals surface area contributed by atoms with Gasteiger partial charge in [0.25, 0.3) is 0 Å². The molecule has 2 aliphatic rings. The lowest BCUT2D eigenvalue weighted by Crippen LogP contribution is -2.41. The summed E-state index contributed by atoms with van der Waals surface area (Å²) in [6.07, 6.45) is 12.1. The SMILES string of the molecule is CN/C=C(\C=N)c1cc(-c2ccc(N3CCC(C(=O)NOCC4CC4)CC3)nc2)c2c(C#N)cnn2c1. The summed E-state index contributed by atoms with van der Waals surface area (Å²) in [5.74, 6) is 1.38. The van der Waals surface area contributed by atoms with Gasteiger partial charge in [-0.2, -0.15) is 10.4 Å². The van der Waals surface area contributed by atoms with E-state index < -0.39 is 0 Å². The second-order valence-electron chi connectivity index (χ2n) is 9.53. The standard InChI is InChI=1S/C27H30N8O2/c1-30-13-22(11-28)21-10-24(26-23(12-29)15-32-35(26)16-21)20-4-5-25(31-14-20)34-8-6-19(7-9-34)27(36)33-37-17-18-2-3-18/h4-5,10-11,13-16,18-19,28,30H,2-3,6-9,17H2,1H3,(H,33,36)/b22-13+,28-11?. The molecule has 1 amide bonds. The second-order valence-corrected chi connectivity index (χ2v) is 9.53. The Hall–Kier alpha value is -4.23. The van der Waals surface area contributed by atoms with E-state index in [1.54, 1.807) is 30.2 Å². The van der Waals surface area contributed by atoms with Crippen LogP contribution >= 0.6 is 0 Å². The molecular formula is C27H30N8O2. The molecular weight excluding hydrogens is 468 g/mol. The zero-order valence-electron chi connectivity index (χ0n) is 20.8. The molecule has 10 nitrogen and oxygen atoms in total. The van der Waals surface area contributed by atoms with E-state index >= 15 is 0 Å². The normalized spacial score (nSPS) is 16.4. The van der Waals surface area contributed by atoms with E-state index in [1.807, 2.05) is 24.4 Å². The molecule has 0 radical (unpaired) electrons. The number of hydrogen-bond acceptors (Lipinski definition) is 8. The molecule has 3 aromatic rings. The number of hydroxylamine groups is 1. The molecule has 5 rings (SSSR count). The molecule has 0 bridgehead atoms. The summed E-state index contributed by atoms with van der Waals surface area (Å²) in [7, 11) is 1.78. The van der Waals surface area contributed by atoms with Crippen molar-refractivity contribution in [1.82, 2.24) is 25.4 Å². The van der Waals surface area contributed by atoms with Crippen molar-refractivity contribution in [3.8, 4) is 17.2 Å². The molecule has 1 saturated carbocycles. The molecule has 1 aliphatic carbocycles. The number of aromatic nitrogens is 3. The monoisotopic (exact) mass is 498 g/mol. The van der Waals surface area contributed by atoms with E-state index in [2.05, 4.69) is 26.9 Å². The topological polar surface area (TPSA) is 131 Å². The summed E-state index contributed by atoms with van der Waals surface area (Å²) in [6.45, 7) is 2.09. The Morgan fingerprint density at radius 1 is 1.27 bits per heavy atom. The van der Waals surface area contributed by atoms with Crippen LogP contribution in [0.2, 0.25) is 0 Å². The Kier molecular flexibility index (Phi) is 7.14. The molecule has 10 heteroatoms. The summed E-state index contributed by atoms with van der Waals surface area (Å²) >= 11 is 0. The number of anilines is 1. The Labute approximate surface area is 215 Å². The quantitative estimate of drug-likeness (QED) is 0.305. The molecule has 0 aromatic carbocycles. The van der Waals surface area contributed by atoms with Crippen molar-refractivity contribution in [3.63, 3.8) is 0 Å². The number of piperidine rings is 1. The maximum absolute atomic E-state index is 12.4. The van der Waals surface area contributed by atoms with Crippen LogP contribution in [0.3, 0.4) is 0 Å². The van der Waals surface area contributed by atoms with Gasteiger partial charge in [0.1, 0.15) is 11.9 Å². The van der Waals surface area contributed by atoms with Gasteiger partial charge >= 0.3 is 0 Å². The minimum atomic E-state index is -0.0503. The third kappa shape index (κ3) is 5.32. The first kappa shape index (κ1) is 24.5. The van der Waals surface area contributed by atoms with Crippen LogP contribution in [0.1, 0.15) is 36.8 Å². The van der Waals surface area contributed by atoms with Crippen LogP contribution < -0.4 is 15.7 Å². The van der Waals surface area contributed by atoms with E-state index in [-0.39, 0.29) is 11.8 Å². The van der Waals surface area contributed by atoms with E-state index in [0.717, 1.165) is 48.4 Å². The van der Waals surface area contributed by atoms with Gasteiger partial charge in [-0.05, 0) is 49.8 Å². The largest absolute Gasteiger partial charge is 0.393 e. The molecule has 1 aliphatic heterocycles. The molecule has 0 spiro atoms. The minimum Gasteiger partial charge on any atom is -0.393 e. The molecule has 4 heterocycles. The fourth-order valence-electron chi connectivity index (χ4n) is 4.65. The minimum absolute atomic E-state index is 0.0294. The summed E-state index contributed by atoms with van der Waals surface area (Å²) in [5, 5.41) is 24.8. The van der Waals surface area contributed by atoms with Crippen molar-refractivity contribution in [1.29, 1.82) is 10.7 Å². The van der Waals surface area contributed by atoms with Gasteiger partial charge in [-0.15, -0.1) is 0 Å². The maximum Gasteiger partial charge on any atom is 0.246 e. The van der Waals surface area contributed by atoms with Crippen LogP contribution in [0.5, 0.6) is 0 Å². The van der Waals surface area contributed by atoms with E-state index in [0.29, 0.717) is 29.2 Å². The molecule has 3 aromatic heterocycles. The van der Waals surface area contributed by atoms with E-state index in [1.165, 1.54) is 19.1 Å². The lowest BCUT2D eigenvalue weighted by molar-refractivity contribution is -0.138. The highest BCUT2D eigenvalue weighted by Gasteiger charge is 2.27. The van der Waals surface area contributed by atoms with Crippen molar-refractivity contribution in [2.75, 3.05) is 31.6 Å². The predicted octanol–water partition coefficient (Wildman–Crippen LogP) is 3.15. The summed E-state index contributed by atoms with van der Waals surface area (Å²) < 4.78 is 1.67. The van der Waals surface area contributed by atoms with Crippen molar-refractivity contribution < 1.29 is 9.63 Å². The van der Waals surface area contributed by atoms with Crippen molar-refractivity contribution >= 4 is 29.0 Å². The van der Waals surface area contributed by atoms with E-state index in [9.17, 15) is 10.1 Å². The highest BCUT2D eigenvalue weighted by molar-refractivity contribution is 6.08. The molecule has 190 valence electrons. The lowest BCUT2D eigenvalue weighted by atomic mass is 9.96. The van der Waals surface area contributed by atoms with Gasteiger partial charge in [0.2, 0.25) is 5.91 Å². The van der Waals surface area contributed by atoms with Gasteiger partial charge < -0.3 is 15.6 Å². The first-order chi connectivity index (χ1) is 18.1. The number of nitrogens with zero attached hydrogens (tertiary/aromatic N) is 5. The first-order valence-electron chi connectivity index (χ1n) is 12.5. The van der Waals surface area contributed by atoms with Gasteiger partial charge in [-0.1, -0.05) is 0 Å². The van der Waals surface area contributed by atoms with Crippen LogP contribution in [0.4, 0.5) is 5.82 Å². The highest BCUT2D eigenvalue weighted by Crippen LogP contribution is 2.31. The number of carbonyl (C=O) groups excluding carboxylic acids is 1. The predicted molar refractivity (Wildman–Crippen MR) is 141 cm³/mol. The number of rotatable bonds is 9. The number of nitrogens with one attached hydrogen (secondary N) is 3. The molecule has 2 fully saturated rings. The number of fused-ring (bicyclic) bond motifs is 1. The number of pyridine rings is 2. The molecule has 1 saturated heterocycles. The van der Waals surface area contributed by atoms with Crippen LogP contribution in [0, 0.1) is 28.6 Å². The zero-order chi connectivity index (χ0) is 25.8. The Balaban J connectivity index is 1.32. The van der Waals surface area contributed by atoms with Crippen molar-refractivity contribution in [2.24, 2.45) is 11.8 Å². The molecule has 3 N–H and O–H groups in total. The van der Waals surface area contributed by atoms with Crippen molar-refractivity contribution in [3.05, 3.63) is 54.1 Å². The molecule has 0 unspecified atom stereocenters. The highest BCUT2D eigenvalue weighted by atomic mass is 16.7. The molecule has 0 atom stereocenters. The summed E-state index contributed by atoms with van der Waals surface area (Å²) in [6, 6.07) is 8.14. The van der Waals surface area contributed by atoms with Gasteiger partial charge in [0.05, 0.1) is 23.9 Å². The maximum atomic E-state index is 12.4. The Bertz CT molecular complexity index is 1360. The average molecular weight is 499 g/mol. The Morgan fingerprint density at radius 2 is 2.08 bits per heavy atom. The number of allylic oxidation sites excluding steroid dienone is 1. The molecule has 37 heavy (non-hydrogen) atoms. The number of amides is 1. The fourth-order valence-corrected chi connectivity index (χ4v) is 4.65. The van der Waals surface area contributed by atoms with Crippen LogP contribution in [0.15, 0.2) is 43.0 Å². The van der Waals surface area contributed by atoms with Gasteiger partial charge in [0.15, 0.2) is 0 Å². The fraction of sp³-hybridized carbons (Fsp3) is 0.370. The van der Waals surface area contributed by atoms with Crippen molar-refractivity contribution in [2.45, 2.75) is 25.7 Å². The lowest BCUT2D eigenvalue weighted by Gasteiger charge is -2.32. The first-order valence-corrected chi connectivity index (χ1v) is 12.5. The van der Waals surface area contributed by atoms with Crippen LogP contribution in [0.25, 0.3) is 22.2 Å².